The Hall–Kier alpha value is -2.51. The van der Waals surface area contributed by atoms with Gasteiger partial charge in [-0.25, -0.2) is 0 Å². The number of allylic oxidation sites excluding steroid dienone is 2. The highest BCUT2D eigenvalue weighted by molar-refractivity contribution is 5.32. The fraction of sp³-hybridized carbons (Fsp3) is 0.444. The van der Waals surface area contributed by atoms with Gasteiger partial charge < -0.3 is 4.74 Å². The molecule has 0 heterocycles. The second kappa shape index (κ2) is 11.2. The lowest BCUT2D eigenvalue weighted by Crippen LogP contribution is -2.23. The molecule has 2 aromatic carbocycles. The van der Waals surface area contributed by atoms with Crippen LogP contribution >= 0.6 is 0 Å². The largest absolute Gasteiger partial charge is 0.360 e. The number of nitrogens with zero attached hydrogens (tertiary/aromatic N) is 1. The van der Waals surface area contributed by atoms with Crippen LogP contribution in [0.2, 0.25) is 0 Å². The maximum Gasteiger partial charge on any atom is 0.360 e. The van der Waals surface area contributed by atoms with Crippen molar-refractivity contribution in [1.29, 1.82) is 5.26 Å². The molecule has 0 N–H and O–H groups in total. The maximum atomic E-state index is 14.2. The second-order valence-corrected chi connectivity index (χ2v) is 8.52. The average molecular weight is 424 g/mol. The summed E-state index contributed by atoms with van der Waals surface area (Å²) in [6.07, 6.45) is 8.04. The molecule has 0 amide bonds. The molecule has 164 valence electrons. The summed E-state index contributed by atoms with van der Waals surface area (Å²) in [7, 11) is 0. The van der Waals surface area contributed by atoms with Crippen LogP contribution in [-0.4, -0.2) is 6.11 Å². The van der Waals surface area contributed by atoms with Gasteiger partial charge in [-0.3, -0.25) is 0 Å². The minimum absolute atomic E-state index is 0.124. The van der Waals surface area contributed by atoms with Gasteiger partial charge in [-0.2, -0.15) is 14.0 Å². The van der Waals surface area contributed by atoms with E-state index in [9.17, 15) is 8.78 Å². The third-order valence-corrected chi connectivity index (χ3v) is 6.22. The molecule has 0 saturated heterocycles. The molecule has 3 rings (SSSR count). The van der Waals surface area contributed by atoms with E-state index in [4.69, 9.17) is 10.00 Å². The number of alkyl halides is 2. The maximum absolute atomic E-state index is 14.2. The Morgan fingerprint density at radius 1 is 1.00 bits per heavy atom. The number of rotatable bonds is 9. The van der Waals surface area contributed by atoms with Crippen molar-refractivity contribution >= 4 is 0 Å². The van der Waals surface area contributed by atoms with E-state index in [1.54, 1.807) is 24.3 Å². The van der Waals surface area contributed by atoms with E-state index < -0.39 is 12.5 Å². The molecule has 1 fully saturated rings. The lowest BCUT2D eigenvalue weighted by molar-refractivity contribution is -0.244. The molecular formula is C27H31F2NO. The van der Waals surface area contributed by atoms with Gasteiger partial charge in [0.1, 0.15) is 0 Å². The Morgan fingerprint density at radius 2 is 1.65 bits per heavy atom. The molecule has 0 aromatic heterocycles. The molecule has 1 aliphatic carbocycles. The fourth-order valence-electron chi connectivity index (χ4n) is 4.34. The van der Waals surface area contributed by atoms with Crippen molar-refractivity contribution in [2.24, 2.45) is 5.92 Å². The van der Waals surface area contributed by atoms with E-state index in [1.807, 2.05) is 18.2 Å². The molecule has 2 nitrogen and oxygen atoms in total. The average Bonchev–Trinajstić information content (AvgIpc) is 2.79. The Kier molecular flexibility index (Phi) is 8.37. The van der Waals surface area contributed by atoms with Gasteiger partial charge in [-0.1, -0.05) is 48.6 Å². The first-order valence-electron chi connectivity index (χ1n) is 11.2. The molecule has 0 unspecified atom stereocenters. The summed E-state index contributed by atoms with van der Waals surface area (Å²) >= 11 is 0. The Morgan fingerprint density at radius 3 is 2.26 bits per heavy atom. The van der Waals surface area contributed by atoms with Crippen LogP contribution < -0.4 is 0 Å². The summed E-state index contributed by atoms with van der Waals surface area (Å²) in [6.45, 7) is 1.95. The summed E-state index contributed by atoms with van der Waals surface area (Å²) in [4.78, 5) is 0. The van der Waals surface area contributed by atoms with Crippen LogP contribution in [-0.2, 0) is 17.8 Å². The minimum atomic E-state index is -3.25. The number of halogens is 2. The quantitative estimate of drug-likeness (QED) is 0.390. The Balaban J connectivity index is 1.46. The van der Waals surface area contributed by atoms with Crippen molar-refractivity contribution in [3.8, 4) is 6.07 Å². The molecule has 4 heteroatoms. The SMILES string of the molecule is CC=CCCC1CCC(c2ccc(COC(F)(F)Cc3ccc(C#N)cc3)cc2)CC1. The van der Waals surface area contributed by atoms with E-state index in [-0.39, 0.29) is 6.61 Å². The molecule has 1 saturated carbocycles. The first-order chi connectivity index (χ1) is 15.0. The highest BCUT2D eigenvalue weighted by Crippen LogP contribution is 2.37. The van der Waals surface area contributed by atoms with Crippen molar-refractivity contribution in [2.75, 3.05) is 0 Å². The van der Waals surface area contributed by atoms with Gasteiger partial charge in [0, 0.05) is 0 Å². The first kappa shape index (κ1) is 23.2. The fourth-order valence-corrected chi connectivity index (χ4v) is 4.34. The second-order valence-electron chi connectivity index (χ2n) is 8.52. The van der Waals surface area contributed by atoms with Gasteiger partial charge >= 0.3 is 6.11 Å². The van der Waals surface area contributed by atoms with Crippen LogP contribution in [0.4, 0.5) is 8.78 Å². The highest BCUT2D eigenvalue weighted by Gasteiger charge is 2.30. The first-order valence-corrected chi connectivity index (χ1v) is 11.2. The zero-order valence-corrected chi connectivity index (χ0v) is 18.2. The Labute approximate surface area is 184 Å². The smallest absolute Gasteiger partial charge is 0.315 e. The number of hydrogen-bond donors (Lipinski definition) is 0. The minimum Gasteiger partial charge on any atom is -0.315 e. The zero-order valence-electron chi connectivity index (χ0n) is 18.2. The van der Waals surface area contributed by atoms with E-state index in [1.165, 1.54) is 44.1 Å². The van der Waals surface area contributed by atoms with Gasteiger partial charge in [0.05, 0.1) is 24.7 Å². The van der Waals surface area contributed by atoms with Crippen LogP contribution in [0, 0.1) is 17.2 Å². The molecule has 2 aromatic rings. The lowest BCUT2D eigenvalue weighted by atomic mass is 9.77. The molecule has 0 radical (unpaired) electrons. The van der Waals surface area contributed by atoms with E-state index >= 15 is 0 Å². The standard InChI is InChI=1S/C27H31F2NO/c1-2-3-4-5-21-10-14-25(15-11-21)26-16-12-24(13-17-26)20-31-27(28,29)18-22-6-8-23(19-30)9-7-22/h2-3,6-9,12-13,16-17,21,25H,4-5,10-11,14-15,18,20H2,1H3. The number of ether oxygens (including phenoxy) is 1. The molecular weight excluding hydrogens is 392 g/mol. The van der Waals surface area contributed by atoms with Crippen LogP contribution in [0.25, 0.3) is 0 Å². The summed E-state index contributed by atoms with van der Waals surface area (Å²) in [5, 5.41) is 8.80. The monoisotopic (exact) mass is 423 g/mol. The number of hydrogen-bond acceptors (Lipinski definition) is 2. The molecule has 0 spiro atoms. The topological polar surface area (TPSA) is 33.0 Å². The van der Waals surface area contributed by atoms with E-state index in [0.29, 0.717) is 17.0 Å². The summed E-state index contributed by atoms with van der Waals surface area (Å²) in [5.41, 5.74) is 2.96. The van der Waals surface area contributed by atoms with Crippen LogP contribution in [0.5, 0.6) is 0 Å². The third kappa shape index (κ3) is 7.29. The summed E-state index contributed by atoms with van der Waals surface area (Å²) in [5.74, 6) is 1.41. The molecule has 0 aliphatic heterocycles. The van der Waals surface area contributed by atoms with Crippen molar-refractivity contribution in [1.82, 2.24) is 0 Å². The molecule has 31 heavy (non-hydrogen) atoms. The number of benzene rings is 2. The predicted octanol–water partition coefficient (Wildman–Crippen LogP) is 7.54. The summed E-state index contributed by atoms with van der Waals surface area (Å²) in [6, 6.07) is 16.1. The van der Waals surface area contributed by atoms with Crippen molar-refractivity contribution in [3.63, 3.8) is 0 Å². The highest BCUT2D eigenvalue weighted by atomic mass is 19.3. The molecule has 0 bridgehead atoms. The zero-order chi connectivity index (χ0) is 22.1. The molecule has 0 atom stereocenters. The van der Waals surface area contributed by atoms with Crippen molar-refractivity contribution < 1.29 is 13.5 Å². The van der Waals surface area contributed by atoms with Crippen LogP contribution in [0.1, 0.15) is 73.6 Å². The van der Waals surface area contributed by atoms with Gasteiger partial charge in [0.25, 0.3) is 0 Å². The Bertz CT molecular complexity index is 873. The van der Waals surface area contributed by atoms with Crippen LogP contribution in [0.15, 0.2) is 60.7 Å². The molecule has 1 aliphatic rings. The number of nitriles is 1. The van der Waals surface area contributed by atoms with E-state index in [2.05, 4.69) is 31.2 Å². The normalized spacial score (nSPS) is 19.4. The van der Waals surface area contributed by atoms with Gasteiger partial charge in [0.2, 0.25) is 0 Å². The van der Waals surface area contributed by atoms with Crippen molar-refractivity contribution in [2.45, 2.75) is 70.5 Å². The lowest BCUT2D eigenvalue weighted by Gasteiger charge is -2.28. The predicted molar refractivity (Wildman–Crippen MR) is 120 cm³/mol. The van der Waals surface area contributed by atoms with E-state index in [0.717, 1.165) is 11.5 Å². The van der Waals surface area contributed by atoms with Gasteiger partial charge in [-0.05, 0) is 86.1 Å². The van der Waals surface area contributed by atoms with Gasteiger partial charge in [-0.15, -0.1) is 0 Å². The third-order valence-electron chi connectivity index (χ3n) is 6.22. The van der Waals surface area contributed by atoms with Crippen LogP contribution in [0.3, 0.4) is 0 Å². The summed E-state index contributed by atoms with van der Waals surface area (Å²) < 4.78 is 33.3. The van der Waals surface area contributed by atoms with Gasteiger partial charge in [0.15, 0.2) is 0 Å². The van der Waals surface area contributed by atoms with Crippen molar-refractivity contribution in [3.05, 3.63) is 82.9 Å².